The summed E-state index contributed by atoms with van der Waals surface area (Å²) in [5.74, 6) is -0.677. The van der Waals surface area contributed by atoms with Gasteiger partial charge in [-0.25, -0.2) is 0 Å². The highest BCUT2D eigenvalue weighted by atomic mass is 35.5. The van der Waals surface area contributed by atoms with Gasteiger partial charge < -0.3 is 9.47 Å². The van der Waals surface area contributed by atoms with Crippen LogP contribution in [0.25, 0.3) is 0 Å². The normalized spacial score (nSPS) is 10.6. The average Bonchev–Trinajstić information content (AvgIpc) is 2.24. The molecule has 0 aliphatic rings. The average molecular weight is 299 g/mol. The summed E-state index contributed by atoms with van der Waals surface area (Å²) in [5.41, 5.74) is 0.276. The van der Waals surface area contributed by atoms with Crippen LogP contribution in [0.1, 0.15) is 12.5 Å². The lowest BCUT2D eigenvalue weighted by Crippen LogP contribution is -2.09. The summed E-state index contributed by atoms with van der Waals surface area (Å²) in [4.78, 5) is 11.3. The Hall–Kier alpha value is -1.07. The van der Waals surface area contributed by atoms with Gasteiger partial charge in [-0.2, -0.15) is 8.78 Å². The van der Waals surface area contributed by atoms with Crippen molar-refractivity contribution in [3.8, 4) is 5.75 Å². The van der Waals surface area contributed by atoms with Gasteiger partial charge in [-0.1, -0.05) is 23.2 Å². The Kier molecular flexibility index (Phi) is 5.62. The summed E-state index contributed by atoms with van der Waals surface area (Å²) in [6.07, 6.45) is -0.160. The molecular formula is C11H10Cl2F2O3. The number of alkyl halides is 2. The maximum atomic E-state index is 12.1. The predicted octanol–water partition coefficient (Wildman–Crippen LogP) is 3.70. The molecule has 0 bridgehead atoms. The third kappa shape index (κ3) is 4.31. The Labute approximate surface area is 113 Å². The first kappa shape index (κ1) is 15.0. The van der Waals surface area contributed by atoms with Gasteiger partial charge in [0, 0.05) is 6.07 Å². The van der Waals surface area contributed by atoms with E-state index in [2.05, 4.69) is 4.74 Å². The zero-order valence-electron chi connectivity index (χ0n) is 9.38. The Morgan fingerprint density at radius 1 is 1.39 bits per heavy atom. The van der Waals surface area contributed by atoms with Crippen molar-refractivity contribution >= 4 is 29.2 Å². The number of rotatable bonds is 5. The second-order valence-electron chi connectivity index (χ2n) is 3.24. The van der Waals surface area contributed by atoms with Crippen molar-refractivity contribution in [1.29, 1.82) is 0 Å². The number of hydrogen-bond donors (Lipinski definition) is 0. The Morgan fingerprint density at radius 2 is 2.06 bits per heavy atom. The van der Waals surface area contributed by atoms with Crippen molar-refractivity contribution < 1.29 is 23.0 Å². The number of carbonyl (C=O) groups excluding carboxylic acids is 1. The molecule has 0 aromatic heterocycles. The number of benzene rings is 1. The molecule has 0 saturated heterocycles. The second-order valence-corrected chi connectivity index (χ2v) is 4.02. The smallest absolute Gasteiger partial charge is 0.387 e. The van der Waals surface area contributed by atoms with Crippen LogP contribution in [0, 0.1) is 0 Å². The standard InChI is InChI=1S/C11H10Cl2F2O3/c1-2-17-9(16)4-6-3-7(18-11(14)15)5-8(12)10(6)13/h3,5,11H,2,4H2,1H3. The Balaban J connectivity index is 2.95. The molecule has 0 N–H and O–H groups in total. The highest BCUT2D eigenvalue weighted by Gasteiger charge is 2.14. The van der Waals surface area contributed by atoms with Gasteiger partial charge in [-0.3, -0.25) is 4.79 Å². The number of hydrogen-bond acceptors (Lipinski definition) is 3. The molecule has 0 heterocycles. The summed E-state index contributed by atoms with van der Waals surface area (Å²) in [5, 5.41) is 0.153. The molecule has 100 valence electrons. The molecule has 1 aromatic rings. The Bertz CT molecular complexity index is 439. The lowest BCUT2D eigenvalue weighted by molar-refractivity contribution is -0.142. The van der Waals surface area contributed by atoms with Crippen molar-refractivity contribution in [2.45, 2.75) is 20.0 Å². The molecule has 0 aliphatic carbocycles. The summed E-state index contributed by atoms with van der Waals surface area (Å²) in [7, 11) is 0. The third-order valence-electron chi connectivity index (χ3n) is 1.94. The van der Waals surface area contributed by atoms with E-state index in [1.54, 1.807) is 6.92 Å². The first-order valence-corrected chi connectivity index (χ1v) is 5.78. The van der Waals surface area contributed by atoms with Crippen LogP contribution in [0.3, 0.4) is 0 Å². The lowest BCUT2D eigenvalue weighted by Gasteiger charge is -2.10. The summed E-state index contributed by atoms with van der Waals surface area (Å²) in [6, 6.07) is 2.39. The van der Waals surface area contributed by atoms with Gasteiger partial charge in [0.05, 0.1) is 23.1 Å². The maximum Gasteiger partial charge on any atom is 0.387 e. The van der Waals surface area contributed by atoms with Gasteiger partial charge in [0.2, 0.25) is 0 Å². The number of carbonyl (C=O) groups is 1. The molecule has 0 saturated carbocycles. The van der Waals surface area contributed by atoms with Gasteiger partial charge in [0.1, 0.15) is 5.75 Å². The molecular weight excluding hydrogens is 289 g/mol. The van der Waals surface area contributed by atoms with Crippen molar-refractivity contribution in [3.05, 3.63) is 27.7 Å². The third-order valence-corrected chi connectivity index (χ3v) is 2.78. The van der Waals surface area contributed by atoms with Crippen LogP contribution < -0.4 is 4.74 Å². The highest BCUT2D eigenvalue weighted by Crippen LogP contribution is 2.32. The maximum absolute atomic E-state index is 12.1. The van der Waals surface area contributed by atoms with E-state index >= 15 is 0 Å². The number of ether oxygens (including phenoxy) is 2. The molecule has 0 atom stereocenters. The molecule has 0 radical (unpaired) electrons. The molecule has 0 spiro atoms. The fourth-order valence-electron chi connectivity index (χ4n) is 1.29. The van der Waals surface area contributed by atoms with Crippen molar-refractivity contribution in [2.24, 2.45) is 0 Å². The molecule has 7 heteroatoms. The molecule has 18 heavy (non-hydrogen) atoms. The molecule has 3 nitrogen and oxygen atoms in total. The molecule has 0 unspecified atom stereocenters. The first-order chi connectivity index (χ1) is 8.43. The van der Waals surface area contributed by atoms with E-state index in [0.717, 1.165) is 6.07 Å². The largest absolute Gasteiger partial charge is 0.466 e. The molecule has 0 amide bonds. The van der Waals surface area contributed by atoms with Gasteiger partial charge in [-0.15, -0.1) is 0 Å². The minimum atomic E-state index is -2.97. The van der Waals surface area contributed by atoms with Crippen LogP contribution in [0.2, 0.25) is 10.0 Å². The second kappa shape index (κ2) is 6.75. The van der Waals surface area contributed by atoms with Gasteiger partial charge in [-0.05, 0) is 18.6 Å². The summed E-state index contributed by atoms with van der Waals surface area (Å²) >= 11 is 11.6. The van der Waals surface area contributed by atoms with E-state index in [-0.39, 0.29) is 34.4 Å². The summed E-state index contributed by atoms with van der Waals surface area (Å²) in [6.45, 7) is -1.10. The highest BCUT2D eigenvalue weighted by molar-refractivity contribution is 6.42. The molecule has 0 fully saturated rings. The quantitative estimate of drug-likeness (QED) is 0.778. The van der Waals surface area contributed by atoms with Crippen molar-refractivity contribution in [1.82, 2.24) is 0 Å². The number of esters is 1. The number of halogens is 4. The van der Waals surface area contributed by atoms with E-state index in [1.807, 2.05) is 0 Å². The monoisotopic (exact) mass is 298 g/mol. The van der Waals surface area contributed by atoms with Gasteiger partial charge >= 0.3 is 12.6 Å². The van der Waals surface area contributed by atoms with Crippen LogP contribution in [-0.4, -0.2) is 19.2 Å². The minimum Gasteiger partial charge on any atom is -0.466 e. The topological polar surface area (TPSA) is 35.5 Å². The van der Waals surface area contributed by atoms with Crippen LogP contribution in [-0.2, 0) is 16.0 Å². The molecule has 1 aromatic carbocycles. The Morgan fingerprint density at radius 3 is 2.61 bits per heavy atom. The summed E-state index contributed by atoms with van der Waals surface area (Å²) < 4.78 is 33.1. The molecule has 1 rings (SSSR count). The van der Waals surface area contributed by atoms with Crippen LogP contribution in [0.4, 0.5) is 8.78 Å². The van der Waals surface area contributed by atoms with Crippen LogP contribution in [0.5, 0.6) is 5.75 Å². The zero-order valence-corrected chi connectivity index (χ0v) is 10.9. The van der Waals surface area contributed by atoms with E-state index in [4.69, 9.17) is 27.9 Å². The SMILES string of the molecule is CCOC(=O)Cc1cc(OC(F)F)cc(Cl)c1Cl. The van der Waals surface area contributed by atoms with E-state index in [0.29, 0.717) is 0 Å². The van der Waals surface area contributed by atoms with E-state index < -0.39 is 12.6 Å². The van der Waals surface area contributed by atoms with E-state index in [9.17, 15) is 13.6 Å². The van der Waals surface area contributed by atoms with E-state index in [1.165, 1.54) is 6.07 Å². The first-order valence-electron chi connectivity index (χ1n) is 5.02. The van der Waals surface area contributed by atoms with Crippen molar-refractivity contribution in [3.63, 3.8) is 0 Å². The fourth-order valence-corrected chi connectivity index (χ4v) is 1.69. The van der Waals surface area contributed by atoms with Gasteiger partial charge in [0.25, 0.3) is 0 Å². The van der Waals surface area contributed by atoms with Crippen LogP contribution >= 0.6 is 23.2 Å². The van der Waals surface area contributed by atoms with Crippen LogP contribution in [0.15, 0.2) is 12.1 Å². The zero-order chi connectivity index (χ0) is 13.7. The minimum absolute atomic E-state index is 0.0362. The van der Waals surface area contributed by atoms with Gasteiger partial charge in [0.15, 0.2) is 0 Å². The fraction of sp³-hybridized carbons (Fsp3) is 0.364. The predicted molar refractivity (Wildman–Crippen MR) is 63.4 cm³/mol. The molecule has 0 aliphatic heterocycles. The lowest BCUT2D eigenvalue weighted by atomic mass is 10.1. The van der Waals surface area contributed by atoms with Crippen molar-refractivity contribution in [2.75, 3.05) is 6.61 Å².